The van der Waals surface area contributed by atoms with Gasteiger partial charge in [-0.3, -0.25) is 14.6 Å². The number of methoxy groups -OCH3 is 1. The maximum atomic E-state index is 12.7. The van der Waals surface area contributed by atoms with E-state index in [1.807, 2.05) is 12.1 Å². The number of H-pyrrole nitrogens is 1. The van der Waals surface area contributed by atoms with Crippen LogP contribution in [0.15, 0.2) is 41.6 Å². The Balaban J connectivity index is 2.22. The smallest absolute Gasteiger partial charge is 0.270 e. The molecule has 0 aromatic carbocycles. The van der Waals surface area contributed by atoms with Gasteiger partial charge in [0.2, 0.25) is 5.43 Å². The van der Waals surface area contributed by atoms with E-state index in [0.717, 1.165) is 18.4 Å². The SMILES string of the molecule is CCCCN(Cc1cccnc1)C(=O)c1cc(=O)c(OC)c[nH]1. The summed E-state index contributed by atoms with van der Waals surface area (Å²) in [6.45, 7) is 3.15. The van der Waals surface area contributed by atoms with Gasteiger partial charge in [0.25, 0.3) is 5.91 Å². The third-order valence-corrected chi connectivity index (χ3v) is 3.49. The molecule has 2 aromatic rings. The van der Waals surface area contributed by atoms with E-state index < -0.39 is 0 Å². The molecule has 0 aliphatic carbocycles. The van der Waals surface area contributed by atoms with Crippen molar-refractivity contribution in [1.29, 1.82) is 0 Å². The average Bonchev–Trinajstić information content (AvgIpc) is 2.58. The fraction of sp³-hybridized carbons (Fsp3) is 0.353. The molecule has 0 saturated heterocycles. The third-order valence-electron chi connectivity index (χ3n) is 3.49. The van der Waals surface area contributed by atoms with Crippen LogP contribution in [0.25, 0.3) is 0 Å². The van der Waals surface area contributed by atoms with Crippen LogP contribution in [0.4, 0.5) is 0 Å². The van der Waals surface area contributed by atoms with Crippen molar-refractivity contribution in [2.24, 2.45) is 0 Å². The summed E-state index contributed by atoms with van der Waals surface area (Å²) in [6.07, 6.45) is 6.73. The predicted octanol–water partition coefficient (Wildman–Crippen LogP) is 2.22. The standard InChI is InChI=1S/C17H21N3O3/c1-3-4-8-20(12-13-6-5-7-18-10-13)17(22)14-9-15(21)16(23-2)11-19-14/h5-7,9-11H,3-4,8,12H2,1-2H3,(H,19,21). The summed E-state index contributed by atoms with van der Waals surface area (Å²) in [4.78, 5) is 33.2. The van der Waals surface area contributed by atoms with Gasteiger partial charge in [-0.25, -0.2) is 0 Å². The maximum absolute atomic E-state index is 12.7. The summed E-state index contributed by atoms with van der Waals surface area (Å²) in [7, 11) is 1.42. The van der Waals surface area contributed by atoms with Gasteiger partial charge in [-0.05, 0) is 18.1 Å². The summed E-state index contributed by atoms with van der Waals surface area (Å²) in [5.74, 6) is -0.0176. The van der Waals surface area contributed by atoms with Crippen LogP contribution in [0.5, 0.6) is 5.75 Å². The number of ether oxygens (including phenoxy) is 1. The van der Waals surface area contributed by atoms with Crippen LogP contribution in [0, 0.1) is 0 Å². The summed E-state index contributed by atoms with van der Waals surface area (Å²) < 4.78 is 4.92. The van der Waals surface area contributed by atoms with Crippen molar-refractivity contribution in [1.82, 2.24) is 14.9 Å². The zero-order valence-corrected chi connectivity index (χ0v) is 13.4. The molecule has 1 N–H and O–H groups in total. The number of nitrogens with one attached hydrogen (secondary N) is 1. The van der Waals surface area contributed by atoms with Crippen LogP contribution in [0.1, 0.15) is 35.8 Å². The van der Waals surface area contributed by atoms with E-state index in [4.69, 9.17) is 4.74 Å². The molecule has 0 fully saturated rings. The normalized spacial score (nSPS) is 10.3. The van der Waals surface area contributed by atoms with Crippen LogP contribution in [0.2, 0.25) is 0 Å². The van der Waals surface area contributed by atoms with E-state index >= 15 is 0 Å². The zero-order chi connectivity index (χ0) is 16.7. The molecule has 0 atom stereocenters. The second kappa shape index (κ2) is 8.12. The maximum Gasteiger partial charge on any atom is 0.270 e. The Hall–Kier alpha value is -2.63. The molecular weight excluding hydrogens is 294 g/mol. The minimum absolute atomic E-state index is 0.189. The van der Waals surface area contributed by atoms with Crippen molar-refractivity contribution in [3.05, 3.63) is 58.3 Å². The fourth-order valence-corrected chi connectivity index (χ4v) is 2.23. The lowest BCUT2D eigenvalue weighted by molar-refractivity contribution is 0.0734. The van der Waals surface area contributed by atoms with Crippen LogP contribution < -0.4 is 10.2 Å². The Morgan fingerprint density at radius 1 is 1.43 bits per heavy atom. The first-order valence-corrected chi connectivity index (χ1v) is 7.60. The van der Waals surface area contributed by atoms with E-state index in [2.05, 4.69) is 16.9 Å². The fourth-order valence-electron chi connectivity index (χ4n) is 2.23. The van der Waals surface area contributed by atoms with Gasteiger partial charge in [-0.1, -0.05) is 19.4 Å². The highest BCUT2D eigenvalue weighted by Gasteiger charge is 2.17. The van der Waals surface area contributed by atoms with Gasteiger partial charge in [0.05, 0.1) is 7.11 Å². The van der Waals surface area contributed by atoms with E-state index in [9.17, 15) is 9.59 Å². The van der Waals surface area contributed by atoms with E-state index in [0.29, 0.717) is 13.1 Å². The molecule has 0 unspecified atom stereocenters. The number of nitrogens with zero attached hydrogens (tertiary/aromatic N) is 2. The first-order valence-electron chi connectivity index (χ1n) is 7.60. The molecule has 23 heavy (non-hydrogen) atoms. The van der Waals surface area contributed by atoms with Crippen molar-refractivity contribution < 1.29 is 9.53 Å². The van der Waals surface area contributed by atoms with E-state index in [1.165, 1.54) is 19.4 Å². The molecule has 6 heteroatoms. The highest BCUT2D eigenvalue weighted by Crippen LogP contribution is 2.10. The van der Waals surface area contributed by atoms with Crippen molar-refractivity contribution in [3.63, 3.8) is 0 Å². The van der Waals surface area contributed by atoms with Crippen LogP contribution in [0.3, 0.4) is 0 Å². The lowest BCUT2D eigenvalue weighted by Gasteiger charge is -2.22. The zero-order valence-electron chi connectivity index (χ0n) is 13.4. The molecule has 6 nitrogen and oxygen atoms in total. The quantitative estimate of drug-likeness (QED) is 0.850. The van der Waals surface area contributed by atoms with Crippen molar-refractivity contribution in [2.75, 3.05) is 13.7 Å². The van der Waals surface area contributed by atoms with Crippen LogP contribution in [-0.2, 0) is 6.54 Å². The minimum Gasteiger partial charge on any atom is -0.491 e. The second-order valence-electron chi connectivity index (χ2n) is 5.22. The molecule has 2 heterocycles. The largest absolute Gasteiger partial charge is 0.491 e. The Morgan fingerprint density at radius 2 is 2.26 bits per heavy atom. The Morgan fingerprint density at radius 3 is 2.87 bits per heavy atom. The highest BCUT2D eigenvalue weighted by molar-refractivity contribution is 5.92. The molecule has 0 saturated carbocycles. The molecule has 0 aliphatic heterocycles. The van der Waals surface area contributed by atoms with E-state index in [1.54, 1.807) is 17.3 Å². The molecular formula is C17H21N3O3. The topological polar surface area (TPSA) is 75.3 Å². The Bertz CT molecular complexity index is 698. The molecule has 2 aromatic heterocycles. The molecule has 0 bridgehead atoms. The summed E-state index contributed by atoms with van der Waals surface area (Å²) >= 11 is 0. The van der Waals surface area contributed by atoms with Gasteiger partial charge < -0.3 is 14.6 Å². The number of unbranched alkanes of at least 4 members (excludes halogenated alkanes) is 1. The van der Waals surface area contributed by atoms with Crippen molar-refractivity contribution in [2.45, 2.75) is 26.3 Å². The molecule has 0 aliphatic rings. The van der Waals surface area contributed by atoms with Crippen LogP contribution in [-0.4, -0.2) is 34.4 Å². The second-order valence-corrected chi connectivity index (χ2v) is 5.22. The first kappa shape index (κ1) is 16.7. The highest BCUT2D eigenvalue weighted by atomic mass is 16.5. The average molecular weight is 315 g/mol. The molecule has 0 spiro atoms. The lowest BCUT2D eigenvalue weighted by atomic mass is 10.2. The molecule has 2 rings (SSSR count). The number of carbonyl (C=O) groups is 1. The number of hydrogen-bond acceptors (Lipinski definition) is 4. The minimum atomic E-state index is -0.314. The van der Waals surface area contributed by atoms with Gasteiger partial charge in [-0.2, -0.15) is 0 Å². The van der Waals surface area contributed by atoms with Crippen molar-refractivity contribution >= 4 is 5.91 Å². The van der Waals surface area contributed by atoms with Crippen molar-refractivity contribution in [3.8, 4) is 5.75 Å². The number of carbonyl (C=O) groups excluding carboxylic acids is 1. The van der Waals surface area contributed by atoms with Crippen LogP contribution >= 0.6 is 0 Å². The third kappa shape index (κ3) is 4.42. The summed E-state index contributed by atoms with van der Waals surface area (Å²) in [5, 5.41) is 0. The van der Waals surface area contributed by atoms with Gasteiger partial charge >= 0.3 is 0 Å². The Labute approximate surface area is 135 Å². The van der Waals surface area contributed by atoms with Gasteiger partial charge in [-0.15, -0.1) is 0 Å². The number of pyridine rings is 2. The van der Waals surface area contributed by atoms with Gasteiger partial charge in [0.15, 0.2) is 5.75 Å². The predicted molar refractivity (Wildman–Crippen MR) is 87.5 cm³/mol. The van der Waals surface area contributed by atoms with Gasteiger partial charge in [0, 0.05) is 37.7 Å². The number of aromatic nitrogens is 2. The monoisotopic (exact) mass is 315 g/mol. The number of rotatable bonds is 7. The lowest BCUT2D eigenvalue weighted by Crippen LogP contribution is -2.32. The molecule has 0 radical (unpaired) electrons. The number of amides is 1. The number of hydrogen-bond donors (Lipinski definition) is 1. The Kier molecular flexibility index (Phi) is 5.91. The molecule has 1 amide bonds. The first-order chi connectivity index (χ1) is 11.2. The molecule has 122 valence electrons. The van der Waals surface area contributed by atoms with Gasteiger partial charge in [0.1, 0.15) is 5.69 Å². The number of aromatic amines is 1. The summed E-state index contributed by atoms with van der Waals surface area (Å²) in [6, 6.07) is 5.05. The van der Waals surface area contributed by atoms with E-state index in [-0.39, 0.29) is 22.8 Å². The summed E-state index contributed by atoms with van der Waals surface area (Å²) in [5.41, 5.74) is 0.898.